The molecule has 98 valence electrons. The van der Waals surface area contributed by atoms with E-state index in [0.29, 0.717) is 0 Å². The molecule has 0 spiro atoms. The normalized spacial score (nSPS) is 27.5. The Hall–Kier alpha value is -1.32. The zero-order valence-electron chi connectivity index (χ0n) is 11.0. The van der Waals surface area contributed by atoms with Crippen molar-refractivity contribution in [2.75, 3.05) is 6.54 Å². The SMILES string of the molecule is CC1=C[C@@H](O)[C@@H](C)C(CNCc2ccccc2)O1. The van der Waals surface area contributed by atoms with Gasteiger partial charge in [-0.05, 0) is 18.6 Å². The first-order chi connectivity index (χ1) is 8.66. The van der Waals surface area contributed by atoms with E-state index in [1.165, 1.54) is 5.56 Å². The summed E-state index contributed by atoms with van der Waals surface area (Å²) in [7, 11) is 0. The van der Waals surface area contributed by atoms with Gasteiger partial charge in [-0.1, -0.05) is 37.3 Å². The van der Waals surface area contributed by atoms with Gasteiger partial charge < -0.3 is 15.2 Å². The highest BCUT2D eigenvalue weighted by Gasteiger charge is 2.28. The number of aliphatic hydroxyl groups excluding tert-OH is 1. The first-order valence-corrected chi connectivity index (χ1v) is 6.44. The van der Waals surface area contributed by atoms with Crippen LogP contribution in [0.5, 0.6) is 0 Å². The van der Waals surface area contributed by atoms with Crippen molar-refractivity contribution in [1.82, 2.24) is 5.32 Å². The molecular weight excluding hydrogens is 226 g/mol. The molecule has 0 aromatic heterocycles. The second kappa shape index (κ2) is 6.03. The van der Waals surface area contributed by atoms with Crippen molar-refractivity contribution in [2.45, 2.75) is 32.6 Å². The van der Waals surface area contributed by atoms with Crippen molar-refractivity contribution in [3.05, 3.63) is 47.7 Å². The van der Waals surface area contributed by atoms with Crippen molar-refractivity contribution in [1.29, 1.82) is 0 Å². The van der Waals surface area contributed by atoms with Crippen LogP contribution in [0.25, 0.3) is 0 Å². The summed E-state index contributed by atoms with van der Waals surface area (Å²) < 4.78 is 5.75. The predicted octanol–water partition coefficient (Wildman–Crippen LogP) is 2.08. The van der Waals surface area contributed by atoms with Crippen molar-refractivity contribution >= 4 is 0 Å². The summed E-state index contributed by atoms with van der Waals surface area (Å²) in [5.41, 5.74) is 1.26. The van der Waals surface area contributed by atoms with E-state index < -0.39 is 6.10 Å². The smallest absolute Gasteiger partial charge is 0.116 e. The molecule has 0 fully saturated rings. The van der Waals surface area contributed by atoms with Crippen molar-refractivity contribution in [3.63, 3.8) is 0 Å². The third kappa shape index (κ3) is 3.34. The maximum atomic E-state index is 9.85. The van der Waals surface area contributed by atoms with E-state index in [-0.39, 0.29) is 12.0 Å². The molecule has 0 amide bonds. The average Bonchev–Trinajstić information content (AvgIpc) is 2.36. The summed E-state index contributed by atoms with van der Waals surface area (Å²) in [6.07, 6.45) is 1.41. The Bertz CT molecular complexity index is 402. The van der Waals surface area contributed by atoms with Gasteiger partial charge >= 0.3 is 0 Å². The minimum atomic E-state index is -0.401. The Labute approximate surface area is 108 Å². The molecule has 3 heteroatoms. The molecule has 1 aliphatic heterocycles. The summed E-state index contributed by atoms with van der Waals surface area (Å²) >= 11 is 0. The van der Waals surface area contributed by atoms with Crippen LogP contribution in [0.15, 0.2) is 42.2 Å². The van der Waals surface area contributed by atoms with Gasteiger partial charge in [0.25, 0.3) is 0 Å². The number of hydrogen-bond donors (Lipinski definition) is 2. The lowest BCUT2D eigenvalue weighted by Gasteiger charge is -2.32. The molecule has 1 aromatic rings. The Morgan fingerprint density at radius 3 is 2.72 bits per heavy atom. The summed E-state index contributed by atoms with van der Waals surface area (Å²) in [6.45, 7) is 5.48. The third-order valence-corrected chi connectivity index (χ3v) is 3.39. The minimum absolute atomic E-state index is 0.0358. The van der Waals surface area contributed by atoms with Crippen molar-refractivity contribution in [2.24, 2.45) is 5.92 Å². The van der Waals surface area contributed by atoms with Gasteiger partial charge in [-0.2, -0.15) is 0 Å². The van der Waals surface area contributed by atoms with E-state index in [1.54, 1.807) is 6.08 Å². The molecule has 3 atom stereocenters. The van der Waals surface area contributed by atoms with Crippen LogP contribution >= 0.6 is 0 Å². The molecule has 0 radical (unpaired) electrons. The molecule has 1 aromatic carbocycles. The van der Waals surface area contributed by atoms with Crippen LogP contribution < -0.4 is 5.32 Å². The van der Waals surface area contributed by atoms with Gasteiger partial charge in [-0.3, -0.25) is 0 Å². The number of rotatable bonds is 4. The van der Waals surface area contributed by atoms with E-state index in [4.69, 9.17) is 4.74 Å². The minimum Gasteiger partial charge on any atom is -0.494 e. The second-order valence-electron chi connectivity index (χ2n) is 4.90. The molecule has 0 saturated carbocycles. The largest absolute Gasteiger partial charge is 0.494 e. The van der Waals surface area contributed by atoms with Crippen LogP contribution in [0, 0.1) is 5.92 Å². The Morgan fingerprint density at radius 2 is 2.00 bits per heavy atom. The number of aliphatic hydroxyl groups is 1. The maximum Gasteiger partial charge on any atom is 0.116 e. The molecule has 2 rings (SSSR count). The first kappa shape index (κ1) is 13.1. The highest BCUT2D eigenvalue weighted by atomic mass is 16.5. The second-order valence-corrected chi connectivity index (χ2v) is 4.90. The Balaban J connectivity index is 1.82. The standard InChI is InChI=1S/C15H21NO2/c1-11-8-14(17)12(2)15(18-11)10-16-9-13-6-4-3-5-7-13/h3-8,12,14-17H,9-10H2,1-2H3/t12-,14-,15?/m1/s1. The number of benzene rings is 1. The lowest BCUT2D eigenvalue weighted by Crippen LogP contribution is -2.41. The summed E-state index contributed by atoms with van der Waals surface area (Å²) in [4.78, 5) is 0. The zero-order chi connectivity index (χ0) is 13.0. The molecule has 0 bridgehead atoms. The van der Waals surface area contributed by atoms with Crippen LogP contribution in [0.3, 0.4) is 0 Å². The molecule has 1 heterocycles. The average molecular weight is 247 g/mol. The lowest BCUT2D eigenvalue weighted by molar-refractivity contribution is -0.00333. The van der Waals surface area contributed by atoms with Gasteiger partial charge in [0.05, 0.1) is 11.9 Å². The molecular formula is C15H21NO2. The molecule has 2 N–H and O–H groups in total. The number of hydrogen-bond acceptors (Lipinski definition) is 3. The van der Waals surface area contributed by atoms with E-state index in [9.17, 15) is 5.11 Å². The number of allylic oxidation sites excluding steroid dienone is 1. The monoisotopic (exact) mass is 247 g/mol. The highest BCUT2D eigenvalue weighted by molar-refractivity contribution is 5.14. The quantitative estimate of drug-likeness (QED) is 0.856. The van der Waals surface area contributed by atoms with Gasteiger partial charge in [0.1, 0.15) is 6.10 Å². The van der Waals surface area contributed by atoms with Gasteiger partial charge in [0.2, 0.25) is 0 Å². The highest BCUT2D eigenvalue weighted by Crippen LogP contribution is 2.22. The zero-order valence-corrected chi connectivity index (χ0v) is 11.0. The van der Waals surface area contributed by atoms with E-state index in [2.05, 4.69) is 17.4 Å². The van der Waals surface area contributed by atoms with Crippen LogP contribution in [-0.2, 0) is 11.3 Å². The van der Waals surface area contributed by atoms with E-state index in [1.807, 2.05) is 32.0 Å². The summed E-state index contributed by atoms with van der Waals surface area (Å²) in [5, 5.41) is 13.2. The predicted molar refractivity (Wildman–Crippen MR) is 71.9 cm³/mol. The summed E-state index contributed by atoms with van der Waals surface area (Å²) in [6, 6.07) is 10.3. The molecule has 1 aliphatic rings. The number of nitrogens with one attached hydrogen (secondary N) is 1. The van der Waals surface area contributed by atoms with Crippen LogP contribution in [0.2, 0.25) is 0 Å². The third-order valence-electron chi connectivity index (χ3n) is 3.39. The van der Waals surface area contributed by atoms with E-state index in [0.717, 1.165) is 18.8 Å². The van der Waals surface area contributed by atoms with Crippen LogP contribution in [0.4, 0.5) is 0 Å². The fraction of sp³-hybridized carbons (Fsp3) is 0.467. The van der Waals surface area contributed by atoms with Gasteiger partial charge in [0.15, 0.2) is 0 Å². The van der Waals surface area contributed by atoms with Crippen molar-refractivity contribution < 1.29 is 9.84 Å². The van der Waals surface area contributed by atoms with E-state index >= 15 is 0 Å². The lowest BCUT2D eigenvalue weighted by atomic mass is 9.95. The van der Waals surface area contributed by atoms with Gasteiger partial charge in [-0.25, -0.2) is 0 Å². The fourth-order valence-corrected chi connectivity index (χ4v) is 2.18. The first-order valence-electron chi connectivity index (χ1n) is 6.44. The molecule has 1 unspecified atom stereocenters. The van der Waals surface area contributed by atoms with Crippen LogP contribution in [-0.4, -0.2) is 23.9 Å². The Kier molecular flexibility index (Phi) is 4.39. The maximum absolute atomic E-state index is 9.85. The molecule has 3 nitrogen and oxygen atoms in total. The fourth-order valence-electron chi connectivity index (χ4n) is 2.18. The van der Waals surface area contributed by atoms with Crippen molar-refractivity contribution in [3.8, 4) is 0 Å². The molecule has 0 saturated heterocycles. The van der Waals surface area contributed by atoms with Gasteiger partial charge in [-0.15, -0.1) is 0 Å². The number of ether oxygens (including phenoxy) is 1. The van der Waals surface area contributed by atoms with Gasteiger partial charge in [0, 0.05) is 19.0 Å². The molecule has 0 aliphatic carbocycles. The topological polar surface area (TPSA) is 41.5 Å². The Morgan fingerprint density at radius 1 is 1.28 bits per heavy atom. The van der Waals surface area contributed by atoms with Crippen LogP contribution in [0.1, 0.15) is 19.4 Å². The summed E-state index contributed by atoms with van der Waals surface area (Å²) in [5.74, 6) is 0.934. The molecule has 18 heavy (non-hydrogen) atoms.